The minimum atomic E-state index is -4.76. The fraction of sp³-hybridized carbons (Fsp3) is 0.176. The molecule has 0 bridgehead atoms. The van der Waals surface area contributed by atoms with Crippen molar-refractivity contribution in [3.05, 3.63) is 48.4 Å². The van der Waals surface area contributed by atoms with E-state index in [0.717, 1.165) is 12.1 Å². The predicted octanol–water partition coefficient (Wildman–Crippen LogP) is 3.06. The highest BCUT2D eigenvalue weighted by molar-refractivity contribution is 5.94. The molecule has 12 heteroatoms. The normalized spacial score (nSPS) is 11.2. The second-order valence-electron chi connectivity index (χ2n) is 5.53. The smallest absolute Gasteiger partial charge is 0.462 e. The van der Waals surface area contributed by atoms with Gasteiger partial charge in [0, 0.05) is 11.8 Å². The second-order valence-corrected chi connectivity index (χ2v) is 5.53. The van der Waals surface area contributed by atoms with Crippen molar-refractivity contribution in [3.63, 3.8) is 0 Å². The summed E-state index contributed by atoms with van der Waals surface area (Å²) in [6.07, 6.45) is -2.26. The predicted molar refractivity (Wildman–Crippen MR) is 95.9 cm³/mol. The van der Waals surface area contributed by atoms with E-state index in [1.54, 1.807) is 6.92 Å². The zero-order valence-electron chi connectivity index (χ0n) is 15.0. The lowest BCUT2D eigenvalue weighted by molar-refractivity contribution is -0.274. The first-order valence-electron chi connectivity index (χ1n) is 8.22. The average Bonchev–Trinajstić information content (AvgIpc) is 3.04. The number of esters is 1. The van der Waals surface area contributed by atoms with E-state index in [-0.39, 0.29) is 29.6 Å². The van der Waals surface area contributed by atoms with Crippen molar-refractivity contribution in [2.24, 2.45) is 0 Å². The van der Waals surface area contributed by atoms with Gasteiger partial charge in [0.25, 0.3) is 0 Å². The van der Waals surface area contributed by atoms with Crippen molar-refractivity contribution in [2.45, 2.75) is 13.3 Å². The summed E-state index contributed by atoms with van der Waals surface area (Å²) in [6, 6.07) is 6.61. The number of aromatic nitrogens is 4. The van der Waals surface area contributed by atoms with E-state index in [1.807, 2.05) is 0 Å². The number of nitrogens with two attached hydrogens (primary N) is 1. The van der Waals surface area contributed by atoms with Crippen LogP contribution in [0.3, 0.4) is 0 Å². The van der Waals surface area contributed by atoms with Gasteiger partial charge in [0.1, 0.15) is 29.3 Å². The van der Waals surface area contributed by atoms with Crippen molar-refractivity contribution in [1.82, 2.24) is 19.7 Å². The van der Waals surface area contributed by atoms with E-state index >= 15 is 0 Å². The number of hydrogen-bond donors (Lipinski definition) is 2. The Morgan fingerprint density at radius 3 is 2.62 bits per heavy atom. The van der Waals surface area contributed by atoms with Crippen LogP contribution in [-0.2, 0) is 4.74 Å². The van der Waals surface area contributed by atoms with Gasteiger partial charge in [-0.25, -0.2) is 14.8 Å². The van der Waals surface area contributed by atoms with Crippen molar-refractivity contribution in [2.75, 3.05) is 17.7 Å². The molecule has 0 aliphatic heterocycles. The number of hydrogen-bond acceptors (Lipinski definition) is 8. The summed E-state index contributed by atoms with van der Waals surface area (Å²) in [5, 5.41) is 6.94. The molecule has 0 saturated heterocycles. The highest BCUT2D eigenvalue weighted by Gasteiger charge is 2.30. The zero-order chi connectivity index (χ0) is 21.0. The van der Waals surface area contributed by atoms with Gasteiger partial charge in [-0.1, -0.05) is 0 Å². The van der Waals surface area contributed by atoms with Crippen LogP contribution in [0.5, 0.6) is 5.75 Å². The van der Waals surface area contributed by atoms with E-state index in [0.29, 0.717) is 11.5 Å². The lowest BCUT2D eigenvalue weighted by atomic mass is 10.3. The number of carbonyl (C=O) groups is 1. The van der Waals surface area contributed by atoms with Crippen LogP contribution >= 0.6 is 0 Å². The maximum Gasteiger partial charge on any atom is 0.573 e. The molecular weight excluding hydrogens is 393 g/mol. The molecule has 0 spiro atoms. The molecule has 1 aromatic carbocycles. The van der Waals surface area contributed by atoms with Gasteiger partial charge in [0.2, 0.25) is 0 Å². The highest BCUT2D eigenvalue weighted by atomic mass is 19.4. The minimum Gasteiger partial charge on any atom is -0.462 e. The molecule has 2 aromatic heterocycles. The van der Waals surface area contributed by atoms with Gasteiger partial charge in [0.05, 0.1) is 12.8 Å². The number of carbonyl (C=O) groups excluding carboxylic acids is 1. The highest BCUT2D eigenvalue weighted by Crippen LogP contribution is 2.25. The molecule has 29 heavy (non-hydrogen) atoms. The molecule has 3 aromatic rings. The van der Waals surface area contributed by atoms with Crippen LogP contribution in [0.25, 0.3) is 5.82 Å². The molecule has 0 aliphatic rings. The van der Waals surface area contributed by atoms with Crippen molar-refractivity contribution in [1.29, 1.82) is 0 Å². The topological polar surface area (TPSA) is 117 Å². The van der Waals surface area contributed by atoms with Crippen molar-refractivity contribution in [3.8, 4) is 11.6 Å². The largest absolute Gasteiger partial charge is 0.573 e. The number of halogens is 3. The molecule has 0 saturated carbocycles. The monoisotopic (exact) mass is 408 g/mol. The van der Waals surface area contributed by atoms with Crippen LogP contribution in [-0.4, -0.2) is 38.7 Å². The molecule has 3 rings (SSSR count). The van der Waals surface area contributed by atoms with Gasteiger partial charge in [-0.3, -0.25) is 0 Å². The van der Waals surface area contributed by atoms with E-state index in [2.05, 4.69) is 25.1 Å². The van der Waals surface area contributed by atoms with Gasteiger partial charge in [0.15, 0.2) is 5.82 Å². The Morgan fingerprint density at radius 1 is 1.24 bits per heavy atom. The molecule has 0 atom stereocenters. The number of anilines is 3. The summed E-state index contributed by atoms with van der Waals surface area (Å²) in [4.78, 5) is 19.9. The first-order valence-corrected chi connectivity index (χ1v) is 8.22. The molecule has 9 nitrogen and oxygen atoms in total. The molecule has 3 N–H and O–H groups in total. The van der Waals surface area contributed by atoms with E-state index in [1.165, 1.54) is 35.4 Å². The summed E-state index contributed by atoms with van der Waals surface area (Å²) in [5.74, 6) is -0.312. The first-order chi connectivity index (χ1) is 13.8. The van der Waals surface area contributed by atoms with Gasteiger partial charge in [-0.2, -0.15) is 9.78 Å². The summed E-state index contributed by atoms with van der Waals surface area (Å²) in [6.45, 7) is 1.86. The number of nitrogens with one attached hydrogen (secondary N) is 1. The maximum absolute atomic E-state index is 12.2. The van der Waals surface area contributed by atoms with Gasteiger partial charge < -0.3 is 20.5 Å². The Kier molecular flexibility index (Phi) is 5.52. The minimum absolute atomic E-state index is 0.0433. The lowest BCUT2D eigenvalue weighted by Crippen LogP contribution is -2.16. The molecule has 2 heterocycles. The Labute approximate surface area is 162 Å². The van der Waals surface area contributed by atoms with Crippen LogP contribution in [0.2, 0.25) is 0 Å². The Balaban J connectivity index is 1.78. The quantitative estimate of drug-likeness (QED) is 0.598. The first kappa shape index (κ1) is 19.9. The second kappa shape index (κ2) is 8.04. The van der Waals surface area contributed by atoms with Crippen molar-refractivity contribution >= 4 is 23.3 Å². The van der Waals surface area contributed by atoms with E-state index in [4.69, 9.17) is 10.5 Å². The van der Waals surface area contributed by atoms with Crippen LogP contribution in [0, 0.1) is 0 Å². The number of benzene rings is 1. The third kappa shape index (κ3) is 4.91. The molecule has 0 unspecified atom stereocenters. The Hall–Kier alpha value is -3.83. The summed E-state index contributed by atoms with van der Waals surface area (Å²) >= 11 is 0. The average molecular weight is 408 g/mol. The van der Waals surface area contributed by atoms with Gasteiger partial charge >= 0.3 is 12.3 Å². The lowest BCUT2D eigenvalue weighted by Gasteiger charge is -2.10. The standard InChI is InChI=1S/C17H15F3N6O3/c1-2-28-16(27)12-8-24-26(15(12)21)14-7-13(22-9-23-14)25-10-3-5-11(6-4-10)29-17(18,19)20/h3-9H,2,21H2,1H3,(H,22,23,25). The molecule has 0 radical (unpaired) electrons. The molecule has 152 valence electrons. The third-order valence-corrected chi connectivity index (χ3v) is 3.53. The van der Waals surface area contributed by atoms with Crippen LogP contribution in [0.4, 0.5) is 30.5 Å². The Bertz CT molecular complexity index is 1000. The fourth-order valence-corrected chi connectivity index (χ4v) is 2.33. The van der Waals surface area contributed by atoms with Gasteiger partial charge in [-0.05, 0) is 31.2 Å². The van der Waals surface area contributed by atoms with Crippen molar-refractivity contribution < 1.29 is 27.4 Å². The van der Waals surface area contributed by atoms with E-state index < -0.39 is 12.3 Å². The Morgan fingerprint density at radius 2 is 1.97 bits per heavy atom. The molecule has 0 amide bonds. The SMILES string of the molecule is CCOC(=O)c1cnn(-c2cc(Nc3ccc(OC(F)(F)F)cc3)ncn2)c1N. The number of alkyl halides is 3. The molecule has 0 aliphatic carbocycles. The third-order valence-electron chi connectivity index (χ3n) is 3.53. The fourth-order valence-electron chi connectivity index (χ4n) is 2.33. The zero-order valence-corrected chi connectivity index (χ0v) is 15.0. The van der Waals surface area contributed by atoms with Crippen LogP contribution in [0.15, 0.2) is 42.9 Å². The maximum atomic E-state index is 12.2. The summed E-state index contributed by atoms with van der Waals surface area (Å²) in [5.41, 5.74) is 6.51. The number of rotatable bonds is 6. The molecule has 0 fully saturated rings. The number of nitrogen functional groups attached to an aromatic ring is 1. The van der Waals surface area contributed by atoms with Crippen LogP contribution < -0.4 is 15.8 Å². The molecular formula is C17H15F3N6O3. The van der Waals surface area contributed by atoms with E-state index in [9.17, 15) is 18.0 Å². The summed E-state index contributed by atoms with van der Waals surface area (Å²) < 4.78 is 46.6. The number of ether oxygens (including phenoxy) is 2. The summed E-state index contributed by atoms with van der Waals surface area (Å²) in [7, 11) is 0. The van der Waals surface area contributed by atoms with Gasteiger partial charge in [-0.15, -0.1) is 13.2 Å². The number of nitrogens with zero attached hydrogens (tertiary/aromatic N) is 4. The van der Waals surface area contributed by atoms with Crippen LogP contribution in [0.1, 0.15) is 17.3 Å².